The van der Waals surface area contributed by atoms with Gasteiger partial charge in [-0.1, -0.05) is 36.4 Å². The molecule has 4 heteroatoms. The van der Waals surface area contributed by atoms with Crippen LogP contribution in [0, 0.1) is 0 Å². The highest BCUT2D eigenvalue weighted by Crippen LogP contribution is 2.24. The van der Waals surface area contributed by atoms with E-state index in [1.54, 1.807) is 6.07 Å². The summed E-state index contributed by atoms with van der Waals surface area (Å²) < 4.78 is 30.7. The highest BCUT2D eigenvalue weighted by molar-refractivity contribution is 7.85. The van der Waals surface area contributed by atoms with Crippen LogP contribution in [0.1, 0.15) is 11.5 Å². The van der Waals surface area contributed by atoms with Crippen molar-refractivity contribution in [1.29, 1.82) is 0 Å². The fourth-order valence-electron chi connectivity index (χ4n) is 1.54. The lowest BCUT2D eigenvalue weighted by atomic mass is 10.0. The quantitative estimate of drug-likeness (QED) is 0.780. The van der Waals surface area contributed by atoms with Crippen LogP contribution < -0.4 is 0 Å². The molecule has 0 spiro atoms. The second kappa shape index (κ2) is 3.64. The van der Waals surface area contributed by atoms with Crippen LogP contribution >= 0.6 is 0 Å². The standard InChI is InChI=1S/C11H10O3S/c12-15(13,14)11-7-3-6-10(8-11)9-4-1-2-5-9/h1-9H,(H,12,13,14). The van der Waals surface area contributed by atoms with Gasteiger partial charge in [0.1, 0.15) is 0 Å². The van der Waals surface area contributed by atoms with Gasteiger partial charge in [0.2, 0.25) is 0 Å². The second-order valence-corrected chi connectivity index (χ2v) is 4.76. The van der Waals surface area contributed by atoms with Gasteiger partial charge in [-0.2, -0.15) is 8.42 Å². The van der Waals surface area contributed by atoms with Gasteiger partial charge in [0, 0.05) is 5.92 Å². The lowest BCUT2D eigenvalue weighted by Crippen LogP contribution is -1.99. The van der Waals surface area contributed by atoms with Gasteiger partial charge in [-0.25, -0.2) is 0 Å². The lowest BCUT2D eigenvalue weighted by molar-refractivity contribution is 0.483. The van der Waals surface area contributed by atoms with E-state index in [4.69, 9.17) is 4.55 Å². The summed E-state index contributed by atoms with van der Waals surface area (Å²) in [5.41, 5.74) is 0.857. The van der Waals surface area contributed by atoms with E-state index in [1.165, 1.54) is 12.1 Å². The Morgan fingerprint density at radius 2 is 1.80 bits per heavy atom. The van der Waals surface area contributed by atoms with Gasteiger partial charge in [-0.05, 0) is 17.7 Å². The van der Waals surface area contributed by atoms with E-state index in [2.05, 4.69) is 0 Å². The van der Waals surface area contributed by atoms with Crippen molar-refractivity contribution in [2.24, 2.45) is 0 Å². The molecule has 2 rings (SSSR count). The summed E-state index contributed by atoms with van der Waals surface area (Å²) in [6.45, 7) is 0. The molecule has 0 aromatic heterocycles. The van der Waals surface area contributed by atoms with Crippen LogP contribution in [0.4, 0.5) is 0 Å². The normalized spacial score (nSPS) is 16.1. The summed E-state index contributed by atoms with van der Waals surface area (Å²) >= 11 is 0. The van der Waals surface area contributed by atoms with Gasteiger partial charge < -0.3 is 0 Å². The SMILES string of the molecule is O=S(=O)(O)c1cccc(C2C=CC=C2)c1. The molecule has 0 aliphatic heterocycles. The van der Waals surface area contributed by atoms with Gasteiger partial charge in [0.25, 0.3) is 10.1 Å². The first-order valence-electron chi connectivity index (χ1n) is 4.50. The van der Waals surface area contributed by atoms with Crippen molar-refractivity contribution in [1.82, 2.24) is 0 Å². The summed E-state index contributed by atoms with van der Waals surface area (Å²) in [5.74, 6) is 0.103. The van der Waals surface area contributed by atoms with Crippen molar-refractivity contribution in [2.45, 2.75) is 10.8 Å². The molecule has 1 aliphatic rings. The molecule has 0 bridgehead atoms. The van der Waals surface area contributed by atoms with E-state index in [1.807, 2.05) is 30.4 Å². The fraction of sp³-hybridized carbons (Fsp3) is 0.0909. The highest BCUT2D eigenvalue weighted by atomic mass is 32.2. The van der Waals surface area contributed by atoms with Crippen molar-refractivity contribution >= 4 is 10.1 Å². The number of rotatable bonds is 2. The van der Waals surface area contributed by atoms with E-state index < -0.39 is 10.1 Å². The Morgan fingerprint density at radius 1 is 1.13 bits per heavy atom. The first-order valence-corrected chi connectivity index (χ1v) is 5.94. The smallest absolute Gasteiger partial charge is 0.282 e. The van der Waals surface area contributed by atoms with Crippen LogP contribution in [-0.4, -0.2) is 13.0 Å². The van der Waals surface area contributed by atoms with Crippen LogP contribution in [0.2, 0.25) is 0 Å². The van der Waals surface area contributed by atoms with Gasteiger partial charge in [0.15, 0.2) is 0 Å². The number of benzene rings is 1. The molecule has 0 fully saturated rings. The molecule has 1 aliphatic carbocycles. The third kappa shape index (κ3) is 2.16. The lowest BCUT2D eigenvalue weighted by Gasteiger charge is -2.06. The Hall–Kier alpha value is -1.39. The molecular weight excluding hydrogens is 212 g/mol. The summed E-state index contributed by atoms with van der Waals surface area (Å²) in [4.78, 5) is -0.0614. The molecule has 15 heavy (non-hydrogen) atoms. The molecule has 1 aromatic carbocycles. The van der Waals surface area contributed by atoms with Gasteiger partial charge >= 0.3 is 0 Å². The van der Waals surface area contributed by atoms with Crippen molar-refractivity contribution in [3.05, 3.63) is 54.1 Å². The summed E-state index contributed by atoms with van der Waals surface area (Å²) in [7, 11) is -4.10. The molecule has 1 N–H and O–H groups in total. The minimum atomic E-state index is -4.10. The highest BCUT2D eigenvalue weighted by Gasteiger charge is 2.13. The molecule has 0 unspecified atom stereocenters. The van der Waals surface area contributed by atoms with Gasteiger partial charge in [0.05, 0.1) is 4.90 Å². The van der Waals surface area contributed by atoms with Crippen molar-refractivity contribution in [3.63, 3.8) is 0 Å². The molecule has 0 radical (unpaired) electrons. The number of allylic oxidation sites excluding steroid dienone is 4. The molecule has 0 heterocycles. The molecule has 78 valence electrons. The Bertz CT molecular complexity index is 515. The molecule has 1 aromatic rings. The molecule has 0 saturated heterocycles. The minimum Gasteiger partial charge on any atom is -0.282 e. The van der Waals surface area contributed by atoms with E-state index in [9.17, 15) is 8.42 Å². The summed E-state index contributed by atoms with van der Waals surface area (Å²) in [5, 5.41) is 0. The predicted molar refractivity (Wildman–Crippen MR) is 57.3 cm³/mol. The maximum Gasteiger partial charge on any atom is 0.294 e. The van der Waals surface area contributed by atoms with Crippen molar-refractivity contribution < 1.29 is 13.0 Å². The van der Waals surface area contributed by atoms with Crippen LogP contribution in [-0.2, 0) is 10.1 Å². The summed E-state index contributed by atoms with van der Waals surface area (Å²) in [6, 6.07) is 6.32. The maximum absolute atomic E-state index is 10.9. The van der Waals surface area contributed by atoms with Crippen LogP contribution in [0.5, 0.6) is 0 Å². The van der Waals surface area contributed by atoms with Crippen LogP contribution in [0.15, 0.2) is 53.5 Å². The van der Waals surface area contributed by atoms with E-state index in [0.29, 0.717) is 0 Å². The number of hydrogen-bond acceptors (Lipinski definition) is 2. The Kier molecular flexibility index (Phi) is 2.46. The van der Waals surface area contributed by atoms with Crippen molar-refractivity contribution in [3.8, 4) is 0 Å². The first kappa shape index (κ1) is 10.1. The third-order valence-corrected chi connectivity index (χ3v) is 3.14. The Balaban J connectivity index is 2.43. The third-order valence-electron chi connectivity index (χ3n) is 2.29. The molecule has 3 nitrogen and oxygen atoms in total. The van der Waals surface area contributed by atoms with E-state index in [0.717, 1.165) is 5.56 Å². The van der Waals surface area contributed by atoms with Gasteiger partial charge in [-0.15, -0.1) is 0 Å². The zero-order chi connectivity index (χ0) is 10.9. The predicted octanol–water partition coefficient (Wildman–Crippen LogP) is 2.14. The fourth-order valence-corrected chi connectivity index (χ4v) is 2.07. The topological polar surface area (TPSA) is 54.4 Å². The monoisotopic (exact) mass is 222 g/mol. The molecular formula is C11H10O3S. The zero-order valence-corrected chi connectivity index (χ0v) is 8.68. The molecule has 0 saturated carbocycles. The van der Waals surface area contributed by atoms with Gasteiger partial charge in [-0.3, -0.25) is 4.55 Å². The average Bonchev–Trinajstić information content (AvgIpc) is 2.69. The van der Waals surface area contributed by atoms with E-state index >= 15 is 0 Å². The average molecular weight is 222 g/mol. The zero-order valence-electron chi connectivity index (χ0n) is 7.87. The minimum absolute atomic E-state index is 0.0614. The number of hydrogen-bond donors (Lipinski definition) is 1. The maximum atomic E-state index is 10.9. The molecule has 0 amide bonds. The Labute approximate surface area is 88.5 Å². The largest absolute Gasteiger partial charge is 0.294 e. The van der Waals surface area contributed by atoms with Crippen molar-refractivity contribution in [2.75, 3.05) is 0 Å². The van der Waals surface area contributed by atoms with E-state index in [-0.39, 0.29) is 10.8 Å². The van der Waals surface area contributed by atoms with Crippen LogP contribution in [0.25, 0.3) is 0 Å². The Morgan fingerprint density at radius 3 is 2.40 bits per heavy atom. The first-order chi connectivity index (χ1) is 7.07. The van der Waals surface area contributed by atoms with Crippen LogP contribution in [0.3, 0.4) is 0 Å². The molecule has 0 atom stereocenters. The second-order valence-electron chi connectivity index (χ2n) is 3.34. The summed E-state index contributed by atoms with van der Waals surface area (Å²) in [6.07, 6.45) is 7.74.